The fraction of sp³-hybridized carbons (Fsp3) is 0.238. The second kappa shape index (κ2) is 10.0. The van der Waals surface area contributed by atoms with Crippen molar-refractivity contribution in [2.24, 2.45) is 0 Å². The molecule has 3 aromatic rings. The maximum atomic E-state index is 13.0. The van der Waals surface area contributed by atoms with Crippen molar-refractivity contribution in [2.45, 2.75) is 11.8 Å². The Morgan fingerprint density at radius 3 is 2.48 bits per heavy atom. The number of amides is 1. The minimum Gasteiger partial charge on any atom is -0.388 e. The molecule has 31 heavy (non-hydrogen) atoms. The number of nitrogens with one attached hydrogen (secondary N) is 3. The Hall–Kier alpha value is -2.79. The predicted molar refractivity (Wildman–Crippen MR) is 124 cm³/mol. The Labute approximate surface area is 185 Å². The van der Waals surface area contributed by atoms with Crippen molar-refractivity contribution < 1.29 is 17.9 Å². The molecule has 0 unspecified atom stereocenters. The van der Waals surface area contributed by atoms with Crippen molar-refractivity contribution in [3.63, 3.8) is 0 Å². The van der Waals surface area contributed by atoms with E-state index in [2.05, 4.69) is 20.3 Å². The second-order valence-electron chi connectivity index (χ2n) is 6.64. The van der Waals surface area contributed by atoms with E-state index >= 15 is 0 Å². The standard InChI is InChI=1S/C21H24N4O4S2/c1-14(26)25-17-8-9-18(20(12-17)31(27,28)24-10-11-29-3)19-13-23-21(30-19)15-4-6-16(22-2)7-5-15/h4-9,12-13,22,24H,10-11H2,1-3H3,(H,25,26). The summed E-state index contributed by atoms with van der Waals surface area (Å²) < 4.78 is 33.4. The van der Waals surface area contributed by atoms with Gasteiger partial charge in [-0.25, -0.2) is 18.1 Å². The number of rotatable bonds is 9. The van der Waals surface area contributed by atoms with E-state index in [4.69, 9.17) is 4.74 Å². The molecule has 0 aliphatic heterocycles. The summed E-state index contributed by atoms with van der Waals surface area (Å²) in [6.07, 6.45) is 1.66. The van der Waals surface area contributed by atoms with Crippen LogP contribution in [0.4, 0.5) is 11.4 Å². The number of benzene rings is 2. The number of anilines is 2. The van der Waals surface area contributed by atoms with Gasteiger partial charge in [-0.05, 0) is 36.4 Å². The lowest BCUT2D eigenvalue weighted by atomic mass is 10.2. The fourth-order valence-electron chi connectivity index (χ4n) is 2.90. The van der Waals surface area contributed by atoms with Crippen molar-refractivity contribution in [3.05, 3.63) is 48.7 Å². The van der Waals surface area contributed by atoms with Crippen molar-refractivity contribution in [3.8, 4) is 21.0 Å². The molecule has 0 spiro atoms. The number of aromatic nitrogens is 1. The monoisotopic (exact) mass is 460 g/mol. The van der Waals surface area contributed by atoms with E-state index in [9.17, 15) is 13.2 Å². The van der Waals surface area contributed by atoms with E-state index in [1.54, 1.807) is 18.3 Å². The molecule has 0 fully saturated rings. The van der Waals surface area contributed by atoms with Gasteiger partial charge >= 0.3 is 0 Å². The number of hydrogen-bond donors (Lipinski definition) is 3. The Kier molecular flexibility index (Phi) is 7.39. The molecule has 0 saturated carbocycles. The van der Waals surface area contributed by atoms with Gasteiger partial charge in [-0.3, -0.25) is 4.79 Å². The first-order valence-corrected chi connectivity index (χ1v) is 11.8. The van der Waals surface area contributed by atoms with Crippen molar-refractivity contribution >= 4 is 38.6 Å². The molecule has 164 valence electrons. The van der Waals surface area contributed by atoms with Gasteiger partial charge in [-0.2, -0.15) is 0 Å². The van der Waals surface area contributed by atoms with Crippen LogP contribution in [0, 0.1) is 0 Å². The molecule has 0 radical (unpaired) electrons. The summed E-state index contributed by atoms with van der Waals surface area (Å²) in [5.41, 5.74) is 2.84. The molecule has 1 heterocycles. The maximum Gasteiger partial charge on any atom is 0.241 e. The molecule has 8 nitrogen and oxygen atoms in total. The first-order chi connectivity index (χ1) is 14.8. The van der Waals surface area contributed by atoms with Gasteiger partial charge in [0.25, 0.3) is 0 Å². The largest absolute Gasteiger partial charge is 0.388 e. The molecule has 0 aliphatic carbocycles. The smallest absolute Gasteiger partial charge is 0.241 e. The van der Waals surface area contributed by atoms with Crippen LogP contribution in [0.25, 0.3) is 21.0 Å². The lowest BCUT2D eigenvalue weighted by Crippen LogP contribution is -2.27. The molecule has 1 amide bonds. The van der Waals surface area contributed by atoms with Crippen LogP contribution in [0.15, 0.2) is 53.6 Å². The minimum atomic E-state index is -3.84. The van der Waals surface area contributed by atoms with E-state index < -0.39 is 10.0 Å². The number of thiazole rings is 1. The summed E-state index contributed by atoms with van der Waals surface area (Å²) in [6, 6.07) is 12.6. The van der Waals surface area contributed by atoms with Crippen LogP contribution in [0.5, 0.6) is 0 Å². The summed E-state index contributed by atoms with van der Waals surface area (Å²) in [5.74, 6) is -0.284. The third-order valence-corrected chi connectivity index (χ3v) is 6.96. The summed E-state index contributed by atoms with van der Waals surface area (Å²) in [6.45, 7) is 1.75. The topological polar surface area (TPSA) is 109 Å². The highest BCUT2D eigenvalue weighted by atomic mass is 32.2. The molecule has 2 aromatic carbocycles. The minimum absolute atomic E-state index is 0.0654. The third-order valence-electron chi connectivity index (χ3n) is 4.38. The second-order valence-corrected chi connectivity index (χ2v) is 9.41. The summed E-state index contributed by atoms with van der Waals surface area (Å²) in [4.78, 5) is 16.7. The van der Waals surface area contributed by atoms with Crippen LogP contribution in [0.1, 0.15) is 6.92 Å². The van der Waals surface area contributed by atoms with Gasteiger partial charge in [-0.1, -0.05) is 6.07 Å². The van der Waals surface area contributed by atoms with Gasteiger partial charge < -0.3 is 15.4 Å². The van der Waals surface area contributed by atoms with E-state index in [1.165, 1.54) is 31.4 Å². The molecule has 0 atom stereocenters. The van der Waals surface area contributed by atoms with E-state index in [1.807, 2.05) is 31.3 Å². The van der Waals surface area contributed by atoms with E-state index in [-0.39, 0.29) is 24.0 Å². The van der Waals surface area contributed by atoms with Gasteiger partial charge in [0.1, 0.15) is 5.01 Å². The number of nitrogens with zero attached hydrogens (tertiary/aromatic N) is 1. The van der Waals surface area contributed by atoms with Crippen LogP contribution < -0.4 is 15.4 Å². The van der Waals surface area contributed by atoms with Crippen molar-refractivity contribution in [1.82, 2.24) is 9.71 Å². The van der Waals surface area contributed by atoms with Crippen LogP contribution >= 0.6 is 11.3 Å². The van der Waals surface area contributed by atoms with Crippen LogP contribution in [0.3, 0.4) is 0 Å². The Bertz CT molecular complexity index is 1160. The highest BCUT2D eigenvalue weighted by Crippen LogP contribution is 2.36. The van der Waals surface area contributed by atoms with Crippen LogP contribution in [-0.2, 0) is 19.6 Å². The lowest BCUT2D eigenvalue weighted by molar-refractivity contribution is -0.114. The average molecular weight is 461 g/mol. The molecule has 3 rings (SSSR count). The Balaban J connectivity index is 2.01. The van der Waals surface area contributed by atoms with Gasteiger partial charge in [0.2, 0.25) is 15.9 Å². The number of methoxy groups -OCH3 is 1. The number of carbonyl (C=O) groups excluding carboxylic acids is 1. The van der Waals surface area contributed by atoms with Gasteiger partial charge in [0.05, 0.1) is 16.4 Å². The third kappa shape index (κ3) is 5.67. The normalized spacial score (nSPS) is 11.3. The molecule has 0 aliphatic rings. The molecule has 3 N–H and O–H groups in total. The quantitative estimate of drug-likeness (QED) is 0.422. The average Bonchev–Trinajstić information content (AvgIpc) is 3.23. The molecule has 10 heteroatoms. The predicted octanol–water partition coefficient (Wildman–Crippen LogP) is 3.40. The number of sulfonamides is 1. The van der Waals surface area contributed by atoms with E-state index in [0.717, 1.165) is 16.3 Å². The molecular weight excluding hydrogens is 436 g/mol. The van der Waals surface area contributed by atoms with Gasteiger partial charge in [0, 0.05) is 56.3 Å². The summed E-state index contributed by atoms with van der Waals surface area (Å²) >= 11 is 1.40. The molecule has 0 saturated heterocycles. The Morgan fingerprint density at radius 1 is 1.13 bits per heavy atom. The fourth-order valence-corrected chi connectivity index (χ4v) is 5.18. The zero-order valence-corrected chi connectivity index (χ0v) is 19.1. The zero-order valence-electron chi connectivity index (χ0n) is 17.4. The first kappa shape index (κ1) is 22.9. The summed E-state index contributed by atoms with van der Waals surface area (Å²) in [7, 11) is -0.495. The summed E-state index contributed by atoms with van der Waals surface area (Å²) in [5, 5.41) is 6.48. The van der Waals surface area contributed by atoms with Crippen molar-refractivity contribution in [2.75, 3.05) is 37.9 Å². The Morgan fingerprint density at radius 2 is 1.84 bits per heavy atom. The van der Waals surface area contributed by atoms with Gasteiger partial charge in [-0.15, -0.1) is 11.3 Å². The highest BCUT2D eigenvalue weighted by molar-refractivity contribution is 7.89. The van der Waals surface area contributed by atoms with E-state index in [0.29, 0.717) is 16.1 Å². The first-order valence-electron chi connectivity index (χ1n) is 9.48. The number of hydrogen-bond acceptors (Lipinski definition) is 7. The SMILES string of the molecule is CNc1ccc(-c2ncc(-c3ccc(NC(C)=O)cc3S(=O)(=O)NCCOC)s2)cc1. The lowest BCUT2D eigenvalue weighted by Gasteiger charge is -2.12. The molecular formula is C21H24N4O4S2. The zero-order chi connectivity index (χ0) is 22.4. The van der Waals surface area contributed by atoms with Gasteiger partial charge in [0.15, 0.2) is 0 Å². The van der Waals surface area contributed by atoms with Crippen LogP contribution in [0.2, 0.25) is 0 Å². The maximum absolute atomic E-state index is 13.0. The number of ether oxygens (including phenoxy) is 1. The van der Waals surface area contributed by atoms with Crippen LogP contribution in [-0.4, -0.2) is 46.6 Å². The van der Waals surface area contributed by atoms with Crippen molar-refractivity contribution in [1.29, 1.82) is 0 Å². The highest BCUT2D eigenvalue weighted by Gasteiger charge is 2.22. The molecule has 1 aromatic heterocycles. The number of carbonyl (C=O) groups is 1. The molecule has 0 bridgehead atoms.